The maximum Gasteiger partial charge on any atom is 0.155 e. The second-order valence-electron chi connectivity index (χ2n) is 10.6. The Kier molecular flexibility index (Phi) is 5.97. The first-order valence-electron chi connectivity index (χ1n) is 11.7. The standard InChI is InChI=1S/C24H42N2O2/c1-18-8-9-21-23(3,11-10-22-24(21,4)17-27-19(2)28-22)20(18)7-6-12-26-15-13-25(5)14-16-26/h19-22H,1,6-17H2,2-5H3/t19-,20-,21?,22-,23+,24+/m1/s1. The van der Waals surface area contributed by atoms with Crippen molar-refractivity contribution in [2.24, 2.45) is 22.7 Å². The van der Waals surface area contributed by atoms with Gasteiger partial charge in [0.15, 0.2) is 6.29 Å². The molecule has 0 amide bonds. The van der Waals surface area contributed by atoms with Gasteiger partial charge in [0, 0.05) is 31.6 Å². The van der Waals surface area contributed by atoms with E-state index in [9.17, 15) is 0 Å². The molecule has 2 aliphatic carbocycles. The van der Waals surface area contributed by atoms with Gasteiger partial charge in [-0.2, -0.15) is 0 Å². The number of ether oxygens (including phenoxy) is 2. The molecule has 2 heterocycles. The van der Waals surface area contributed by atoms with Gasteiger partial charge in [0.05, 0.1) is 12.7 Å². The summed E-state index contributed by atoms with van der Waals surface area (Å²) in [4.78, 5) is 5.10. The van der Waals surface area contributed by atoms with E-state index in [1.165, 1.54) is 76.8 Å². The van der Waals surface area contributed by atoms with Crippen molar-refractivity contribution in [3.8, 4) is 0 Å². The summed E-state index contributed by atoms with van der Waals surface area (Å²) in [7, 11) is 2.24. The zero-order valence-corrected chi connectivity index (χ0v) is 18.7. The lowest BCUT2D eigenvalue weighted by Crippen LogP contribution is -2.61. The second-order valence-corrected chi connectivity index (χ2v) is 10.6. The number of hydrogen-bond acceptors (Lipinski definition) is 4. The van der Waals surface area contributed by atoms with Crippen LogP contribution in [0, 0.1) is 22.7 Å². The molecule has 4 rings (SSSR count). The zero-order chi connectivity index (χ0) is 19.9. The molecule has 160 valence electrons. The molecule has 0 spiro atoms. The number of allylic oxidation sites excluding steroid dienone is 1. The summed E-state index contributed by atoms with van der Waals surface area (Å²) < 4.78 is 12.3. The summed E-state index contributed by atoms with van der Waals surface area (Å²) in [5.74, 6) is 1.35. The Morgan fingerprint density at radius 3 is 2.61 bits per heavy atom. The predicted octanol–water partition coefficient (Wildman–Crippen LogP) is 4.16. The van der Waals surface area contributed by atoms with Crippen molar-refractivity contribution in [1.82, 2.24) is 9.80 Å². The summed E-state index contributed by atoms with van der Waals surface area (Å²) in [5, 5.41) is 0. The molecule has 0 aromatic heterocycles. The number of piperazine rings is 1. The first kappa shape index (κ1) is 20.8. The van der Waals surface area contributed by atoms with E-state index in [-0.39, 0.29) is 11.7 Å². The van der Waals surface area contributed by atoms with Crippen LogP contribution < -0.4 is 0 Å². The van der Waals surface area contributed by atoms with Crippen LogP contribution in [0.2, 0.25) is 0 Å². The summed E-state index contributed by atoms with van der Waals surface area (Å²) in [6, 6.07) is 0. The smallest absolute Gasteiger partial charge is 0.155 e. The first-order chi connectivity index (χ1) is 13.3. The van der Waals surface area contributed by atoms with E-state index in [0.717, 1.165) is 6.61 Å². The van der Waals surface area contributed by atoms with E-state index in [4.69, 9.17) is 9.47 Å². The summed E-state index contributed by atoms with van der Waals surface area (Å²) in [6.45, 7) is 18.6. The van der Waals surface area contributed by atoms with Crippen LogP contribution in [-0.2, 0) is 9.47 Å². The molecule has 0 bridgehead atoms. The lowest BCUT2D eigenvalue weighted by molar-refractivity contribution is -0.297. The van der Waals surface area contributed by atoms with Crippen molar-refractivity contribution >= 4 is 0 Å². The van der Waals surface area contributed by atoms with Gasteiger partial charge in [-0.25, -0.2) is 0 Å². The van der Waals surface area contributed by atoms with Crippen LogP contribution in [0.15, 0.2) is 12.2 Å². The third-order valence-electron chi connectivity index (χ3n) is 8.86. The molecular formula is C24H42N2O2. The fourth-order valence-corrected chi connectivity index (χ4v) is 7.08. The van der Waals surface area contributed by atoms with Crippen LogP contribution >= 0.6 is 0 Å². The highest BCUT2D eigenvalue weighted by Crippen LogP contribution is 2.63. The Morgan fingerprint density at radius 1 is 1.11 bits per heavy atom. The van der Waals surface area contributed by atoms with E-state index < -0.39 is 0 Å². The molecule has 2 aliphatic heterocycles. The summed E-state index contributed by atoms with van der Waals surface area (Å²) in [5.41, 5.74) is 2.04. The third-order valence-corrected chi connectivity index (χ3v) is 8.86. The van der Waals surface area contributed by atoms with Crippen molar-refractivity contribution in [2.75, 3.05) is 46.4 Å². The van der Waals surface area contributed by atoms with Gasteiger partial charge in [-0.1, -0.05) is 26.0 Å². The van der Waals surface area contributed by atoms with Gasteiger partial charge in [0.2, 0.25) is 0 Å². The molecule has 4 aliphatic rings. The lowest BCUT2D eigenvalue weighted by Gasteiger charge is -2.62. The molecule has 4 nitrogen and oxygen atoms in total. The molecular weight excluding hydrogens is 348 g/mol. The maximum absolute atomic E-state index is 6.26. The Labute approximate surface area is 172 Å². The van der Waals surface area contributed by atoms with Crippen molar-refractivity contribution in [1.29, 1.82) is 0 Å². The van der Waals surface area contributed by atoms with Gasteiger partial charge < -0.3 is 19.3 Å². The Hall–Kier alpha value is -0.420. The largest absolute Gasteiger partial charge is 0.352 e. The molecule has 0 N–H and O–H groups in total. The normalized spacial score (nSPS) is 45.5. The zero-order valence-electron chi connectivity index (χ0n) is 18.7. The molecule has 2 saturated heterocycles. The van der Waals surface area contributed by atoms with Gasteiger partial charge >= 0.3 is 0 Å². The predicted molar refractivity (Wildman–Crippen MR) is 114 cm³/mol. The molecule has 2 saturated carbocycles. The number of fused-ring (bicyclic) bond motifs is 3. The molecule has 28 heavy (non-hydrogen) atoms. The third kappa shape index (κ3) is 3.71. The van der Waals surface area contributed by atoms with Crippen LogP contribution in [0.3, 0.4) is 0 Å². The number of nitrogens with zero attached hydrogens (tertiary/aromatic N) is 2. The van der Waals surface area contributed by atoms with Gasteiger partial charge in [-0.15, -0.1) is 0 Å². The van der Waals surface area contributed by atoms with Crippen LogP contribution in [0.4, 0.5) is 0 Å². The maximum atomic E-state index is 6.26. The minimum Gasteiger partial charge on any atom is -0.352 e. The molecule has 4 heteroatoms. The molecule has 0 aromatic rings. The van der Waals surface area contributed by atoms with Crippen LogP contribution in [0.5, 0.6) is 0 Å². The monoisotopic (exact) mass is 390 g/mol. The van der Waals surface area contributed by atoms with E-state index in [2.05, 4.69) is 44.2 Å². The summed E-state index contributed by atoms with van der Waals surface area (Å²) >= 11 is 0. The summed E-state index contributed by atoms with van der Waals surface area (Å²) in [6.07, 6.45) is 7.85. The van der Waals surface area contributed by atoms with E-state index in [0.29, 0.717) is 23.4 Å². The highest BCUT2D eigenvalue weighted by molar-refractivity contribution is 5.18. The average Bonchev–Trinajstić information content (AvgIpc) is 2.66. The van der Waals surface area contributed by atoms with Crippen LogP contribution in [-0.4, -0.2) is 68.6 Å². The Morgan fingerprint density at radius 2 is 1.86 bits per heavy atom. The minimum atomic E-state index is -0.0413. The molecule has 1 unspecified atom stereocenters. The number of hydrogen-bond donors (Lipinski definition) is 0. The van der Waals surface area contributed by atoms with Crippen molar-refractivity contribution in [3.05, 3.63) is 12.2 Å². The quantitative estimate of drug-likeness (QED) is 0.673. The van der Waals surface area contributed by atoms with Crippen molar-refractivity contribution in [2.45, 2.75) is 71.7 Å². The molecule has 4 fully saturated rings. The Balaban J connectivity index is 1.42. The lowest BCUT2D eigenvalue weighted by atomic mass is 9.46. The molecule has 0 radical (unpaired) electrons. The highest BCUT2D eigenvalue weighted by Gasteiger charge is 2.59. The fourth-order valence-electron chi connectivity index (χ4n) is 7.08. The van der Waals surface area contributed by atoms with Crippen LogP contribution in [0.25, 0.3) is 0 Å². The van der Waals surface area contributed by atoms with Crippen molar-refractivity contribution in [3.63, 3.8) is 0 Å². The van der Waals surface area contributed by atoms with Gasteiger partial charge in [-0.05, 0) is 76.3 Å². The van der Waals surface area contributed by atoms with Gasteiger partial charge in [-0.3, -0.25) is 0 Å². The van der Waals surface area contributed by atoms with Gasteiger partial charge in [0.1, 0.15) is 0 Å². The van der Waals surface area contributed by atoms with Crippen molar-refractivity contribution < 1.29 is 9.47 Å². The van der Waals surface area contributed by atoms with Gasteiger partial charge in [0.25, 0.3) is 0 Å². The van der Waals surface area contributed by atoms with E-state index in [1.54, 1.807) is 0 Å². The Bertz CT molecular complexity index is 573. The van der Waals surface area contributed by atoms with E-state index >= 15 is 0 Å². The SMILES string of the molecule is C=C1CCC2[C@]3(C)CO[C@@H](C)O[C@@H]3CC[C@@]2(C)[C@@H]1CCCN1CCN(C)CC1. The second kappa shape index (κ2) is 8.02. The average molecular weight is 391 g/mol. The highest BCUT2D eigenvalue weighted by atomic mass is 16.7. The topological polar surface area (TPSA) is 24.9 Å². The number of likely N-dealkylation sites (N-methyl/N-ethyl adjacent to an activating group) is 1. The minimum absolute atomic E-state index is 0.0413. The molecule has 0 aromatic carbocycles. The fraction of sp³-hybridized carbons (Fsp3) is 0.917. The number of rotatable bonds is 4. The first-order valence-corrected chi connectivity index (χ1v) is 11.7. The van der Waals surface area contributed by atoms with E-state index in [1.807, 2.05) is 0 Å². The molecule has 6 atom stereocenters. The van der Waals surface area contributed by atoms with Crippen LogP contribution in [0.1, 0.15) is 59.3 Å².